The van der Waals surface area contributed by atoms with E-state index in [4.69, 9.17) is 16.3 Å². The number of nitrogens with zero attached hydrogens (tertiary/aromatic N) is 3. The predicted octanol–water partition coefficient (Wildman–Crippen LogP) is 3.34. The predicted molar refractivity (Wildman–Crippen MR) is 82.4 cm³/mol. The minimum atomic E-state index is 0.578. The summed E-state index contributed by atoms with van der Waals surface area (Å²) in [4.78, 5) is 9.24. The van der Waals surface area contributed by atoms with Crippen molar-refractivity contribution in [2.45, 2.75) is 39.7 Å². The second-order valence-electron chi connectivity index (χ2n) is 4.88. The van der Waals surface area contributed by atoms with Gasteiger partial charge in [-0.1, -0.05) is 6.92 Å². The number of alkyl halides is 1. The number of aromatic nitrogens is 3. The summed E-state index contributed by atoms with van der Waals surface area (Å²) < 4.78 is 7.72. The Labute approximate surface area is 125 Å². The standard InChI is InChI=1S/C15H22ClN3O/c1-3-10-20-11-4-9-19-14(7-8-16)18-13-6-5-12(2)17-15(13)19/h5-6H,3-4,7-11H2,1-2H3. The molecule has 4 nitrogen and oxygen atoms in total. The van der Waals surface area contributed by atoms with Gasteiger partial charge in [0, 0.05) is 37.8 Å². The van der Waals surface area contributed by atoms with Crippen LogP contribution in [0.1, 0.15) is 31.3 Å². The van der Waals surface area contributed by atoms with Gasteiger partial charge in [0.1, 0.15) is 11.3 Å². The summed E-state index contributed by atoms with van der Waals surface area (Å²) >= 11 is 5.87. The van der Waals surface area contributed by atoms with E-state index in [1.807, 2.05) is 19.1 Å². The molecule has 2 aromatic heterocycles. The molecule has 0 bridgehead atoms. The van der Waals surface area contributed by atoms with Gasteiger partial charge < -0.3 is 9.30 Å². The van der Waals surface area contributed by atoms with Gasteiger partial charge >= 0.3 is 0 Å². The number of ether oxygens (including phenoxy) is 1. The Morgan fingerprint density at radius 3 is 2.85 bits per heavy atom. The number of halogens is 1. The van der Waals surface area contributed by atoms with Gasteiger partial charge in [0.05, 0.1) is 0 Å². The van der Waals surface area contributed by atoms with Gasteiger partial charge in [0.15, 0.2) is 5.65 Å². The van der Waals surface area contributed by atoms with E-state index in [-0.39, 0.29) is 0 Å². The number of imidazole rings is 1. The van der Waals surface area contributed by atoms with Crippen molar-refractivity contribution in [2.75, 3.05) is 19.1 Å². The van der Waals surface area contributed by atoms with E-state index >= 15 is 0 Å². The number of pyridine rings is 1. The molecule has 0 amide bonds. The zero-order valence-electron chi connectivity index (χ0n) is 12.2. The lowest BCUT2D eigenvalue weighted by Gasteiger charge is -2.08. The van der Waals surface area contributed by atoms with Crippen LogP contribution >= 0.6 is 11.6 Å². The Morgan fingerprint density at radius 1 is 1.25 bits per heavy atom. The van der Waals surface area contributed by atoms with Crippen LogP contribution in [0.15, 0.2) is 12.1 Å². The summed E-state index contributed by atoms with van der Waals surface area (Å²) in [7, 11) is 0. The fourth-order valence-corrected chi connectivity index (χ4v) is 2.39. The summed E-state index contributed by atoms with van der Waals surface area (Å²) in [5.41, 5.74) is 2.92. The largest absolute Gasteiger partial charge is 0.381 e. The molecule has 2 rings (SSSR count). The third-order valence-electron chi connectivity index (χ3n) is 3.15. The van der Waals surface area contributed by atoms with Crippen LogP contribution in [-0.2, 0) is 17.7 Å². The smallest absolute Gasteiger partial charge is 0.160 e. The van der Waals surface area contributed by atoms with Crippen LogP contribution in [0.5, 0.6) is 0 Å². The van der Waals surface area contributed by atoms with Gasteiger partial charge in [-0.3, -0.25) is 0 Å². The van der Waals surface area contributed by atoms with Crippen molar-refractivity contribution < 1.29 is 4.74 Å². The first kappa shape index (κ1) is 15.3. The first-order chi connectivity index (χ1) is 9.76. The Balaban J connectivity index is 2.15. The molecule has 0 aliphatic carbocycles. The molecule has 0 fully saturated rings. The average Bonchev–Trinajstić information content (AvgIpc) is 2.76. The molecule has 0 aliphatic heterocycles. The van der Waals surface area contributed by atoms with Gasteiger partial charge in [-0.05, 0) is 31.9 Å². The van der Waals surface area contributed by atoms with E-state index in [0.717, 1.165) is 61.7 Å². The molecule has 0 radical (unpaired) electrons. The topological polar surface area (TPSA) is 39.9 Å². The molecule has 110 valence electrons. The van der Waals surface area contributed by atoms with Crippen molar-refractivity contribution in [2.24, 2.45) is 0 Å². The molecule has 0 unspecified atom stereocenters. The Bertz CT molecular complexity index is 553. The minimum absolute atomic E-state index is 0.578. The summed E-state index contributed by atoms with van der Waals surface area (Å²) in [6, 6.07) is 4.02. The van der Waals surface area contributed by atoms with Gasteiger partial charge in [0.2, 0.25) is 0 Å². The van der Waals surface area contributed by atoms with Gasteiger partial charge in [-0.25, -0.2) is 9.97 Å². The lowest BCUT2D eigenvalue weighted by atomic mass is 10.3. The highest BCUT2D eigenvalue weighted by atomic mass is 35.5. The quantitative estimate of drug-likeness (QED) is 0.554. The second-order valence-corrected chi connectivity index (χ2v) is 5.26. The number of aryl methyl sites for hydroxylation is 3. The summed E-state index contributed by atoms with van der Waals surface area (Å²) in [5, 5.41) is 0. The van der Waals surface area contributed by atoms with E-state index in [1.165, 1.54) is 0 Å². The number of rotatable bonds is 8. The molecule has 0 aromatic carbocycles. The van der Waals surface area contributed by atoms with E-state index in [2.05, 4.69) is 21.5 Å². The number of hydrogen-bond acceptors (Lipinski definition) is 3. The highest BCUT2D eigenvalue weighted by molar-refractivity contribution is 6.17. The molecule has 0 spiro atoms. The first-order valence-electron chi connectivity index (χ1n) is 7.22. The Morgan fingerprint density at radius 2 is 2.10 bits per heavy atom. The minimum Gasteiger partial charge on any atom is -0.381 e. The summed E-state index contributed by atoms with van der Waals surface area (Å²) in [6.45, 7) is 6.61. The van der Waals surface area contributed by atoms with E-state index < -0.39 is 0 Å². The van der Waals surface area contributed by atoms with Crippen LogP contribution in [-0.4, -0.2) is 33.6 Å². The molecule has 0 N–H and O–H groups in total. The van der Waals surface area contributed by atoms with Gasteiger partial charge in [-0.2, -0.15) is 0 Å². The SMILES string of the molecule is CCCOCCCn1c(CCCl)nc2ccc(C)nc21. The van der Waals surface area contributed by atoms with Crippen LogP contribution < -0.4 is 0 Å². The lowest BCUT2D eigenvalue weighted by Crippen LogP contribution is -2.08. The van der Waals surface area contributed by atoms with Crippen molar-refractivity contribution in [1.29, 1.82) is 0 Å². The molecular weight excluding hydrogens is 274 g/mol. The van der Waals surface area contributed by atoms with E-state index in [9.17, 15) is 0 Å². The number of hydrogen-bond donors (Lipinski definition) is 0. The van der Waals surface area contributed by atoms with Crippen molar-refractivity contribution in [3.63, 3.8) is 0 Å². The molecule has 5 heteroatoms. The van der Waals surface area contributed by atoms with Crippen LogP contribution in [0.3, 0.4) is 0 Å². The fourth-order valence-electron chi connectivity index (χ4n) is 2.22. The van der Waals surface area contributed by atoms with Crippen molar-refractivity contribution in [3.8, 4) is 0 Å². The molecule has 0 atom stereocenters. The summed E-state index contributed by atoms with van der Waals surface area (Å²) in [5.74, 6) is 1.60. The zero-order valence-corrected chi connectivity index (χ0v) is 13.0. The maximum atomic E-state index is 5.87. The van der Waals surface area contributed by atoms with E-state index in [0.29, 0.717) is 5.88 Å². The van der Waals surface area contributed by atoms with Crippen LogP contribution in [0.4, 0.5) is 0 Å². The number of fused-ring (bicyclic) bond motifs is 1. The molecule has 0 saturated heterocycles. The van der Waals surface area contributed by atoms with Crippen LogP contribution in [0, 0.1) is 6.92 Å². The third kappa shape index (κ3) is 3.70. The normalized spacial score (nSPS) is 11.3. The zero-order chi connectivity index (χ0) is 14.4. The van der Waals surface area contributed by atoms with E-state index in [1.54, 1.807) is 0 Å². The van der Waals surface area contributed by atoms with Crippen LogP contribution in [0.25, 0.3) is 11.2 Å². The van der Waals surface area contributed by atoms with Gasteiger partial charge in [0.25, 0.3) is 0 Å². The highest BCUT2D eigenvalue weighted by Crippen LogP contribution is 2.16. The Hall–Kier alpha value is -1.13. The maximum absolute atomic E-state index is 5.87. The molecule has 2 heterocycles. The highest BCUT2D eigenvalue weighted by Gasteiger charge is 2.11. The van der Waals surface area contributed by atoms with Crippen molar-refractivity contribution in [1.82, 2.24) is 14.5 Å². The maximum Gasteiger partial charge on any atom is 0.160 e. The third-order valence-corrected chi connectivity index (χ3v) is 3.34. The molecule has 0 aliphatic rings. The molecule has 0 saturated carbocycles. The fraction of sp³-hybridized carbons (Fsp3) is 0.600. The lowest BCUT2D eigenvalue weighted by molar-refractivity contribution is 0.129. The van der Waals surface area contributed by atoms with Crippen LogP contribution in [0.2, 0.25) is 0 Å². The van der Waals surface area contributed by atoms with Crippen molar-refractivity contribution >= 4 is 22.8 Å². The summed E-state index contributed by atoms with van der Waals surface area (Å²) in [6.07, 6.45) is 2.80. The first-order valence-corrected chi connectivity index (χ1v) is 7.76. The average molecular weight is 296 g/mol. The second kappa shape index (κ2) is 7.60. The molecule has 2 aromatic rings. The molecule has 20 heavy (non-hydrogen) atoms. The van der Waals surface area contributed by atoms with Gasteiger partial charge in [-0.15, -0.1) is 11.6 Å². The monoisotopic (exact) mass is 295 g/mol. The van der Waals surface area contributed by atoms with Crippen molar-refractivity contribution in [3.05, 3.63) is 23.7 Å². The molecular formula is C15H22ClN3O. The Kier molecular flexibility index (Phi) is 5.80.